The molecule has 1 unspecified atom stereocenters. The number of nitrogens with one attached hydrogen (secondary N) is 1. The average molecular weight is 507 g/mol. The zero-order valence-electron chi connectivity index (χ0n) is 20.7. The number of urea groups is 1. The third-order valence-corrected chi connectivity index (χ3v) is 7.89. The molecule has 1 aromatic heterocycles. The fraction of sp³-hybridized carbons (Fsp3) is 0.393. The van der Waals surface area contributed by atoms with E-state index in [1.54, 1.807) is 12.1 Å². The van der Waals surface area contributed by atoms with Crippen molar-refractivity contribution in [3.63, 3.8) is 0 Å². The summed E-state index contributed by atoms with van der Waals surface area (Å²) in [5.74, 6) is 0.262. The van der Waals surface area contributed by atoms with Crippen LogP contribution in [0.15, 0.2) is 54.6 Å². The van der Waals surface area contributed by atoms with Crippen molar-refractivity contribution in [3.05, 3.63) is 70.9 Å². The lowest BCUT2D eigenvalue weighted by molar-refractivity contribution is 0.0593. The molecule has 0 aliphatic carbocycles. The third kappa shape index (κ3) is 4.85. The van der Waals surface area contributed by atoms with Crippen LogP contribution in [0.4, 0.5) is 4.79 Å². The highest BCUT2D eigenvalue weighted by Gasteiger charge is 2.43. The Bertz CT molecular complexity index is 1280. The van der Waals surface area contributed by atoms with Crippen LogP contribution in [0.1, 0.15) is 48.1 Å². The number of halogens is 1. The van der Waals surface area contributed by atoms with Crippen LogP contribution in [0.25, 0.3) is 10.8 Å². The van der Waals surface area contributed by atoms with Gasteiger partial charge in [0.05, 0.1) is 13.2 Å². The van der Waals surface area contributed by atoms with E-state index >= 15 is 0 Å². The highest BCUT2D eigenvalue weighted by atomic mass is 35.5. The Morgan fingerprint density at radius 3 is 2.47 bits per heavy atom. The van der Waals surface area contributed by atoms with Crippen molar-refractivity contribution < 1.29 is 14.3 Å². The second-order valence-electron chi connectivity index (χ2n) is 9.92. The van der Waals surface area contributed by atoms with E-state index < -0.39 is 0 Å². The molecule has 188 valence electrons. The van der Waals surface area contributed by atoms with Crippen molar-refractivity contribution in [3.8, 4) is 5.88 Å². The quantitative estimate of drug-likeness (QED) is 0.487. The zero-order chi connectivity index (χ0) is 25.3. The number of ether oxygens (including phenoxy) is 1. The van der Waals surface area contributed by atoms with Gasteiger partial charge >= 0.3 is 6.03 Å². The summed E-state index contributed by atoms with van der Waals surface area (Å²) >= 11 is 6.05. The number of carbonyl (C=O) groups excluding carboxylic acids is 2. The van der Waals surface area contributed by atoms with Gasteiger partial charge in [-0.1, -0.05) is 54.1 Å². The number of pyridine rings is 1. The van der Waals surface area contributed by atoms with Crippen molar-refractivity contribution in [1.29, 1.82) is 0 Å². The van der Waals surface area contributed by atoms with Gasteiger partial charge in [0.25, 0.3) is 5.91 Å². The molecule has 2 fully saturated rings. The Morgan fingerprint density at radius 1 is 1.03 bits per heavy atom. The summed E-state index contributed by atoms with van der Waals surface area (Å²) in [6, 6.07) is 17.5. The van der Waals surface area contributed by atoms with Gasteiger partial charge in [-0.25, -0.2) is 9.78 Å². The lowest BCUT2D eigenvalue weighted by atomic mass is 9.77. The van der Waals surface area contributed by atoms with Crippen LogP contribution in [0, 0.1) is 5.41 Å². The molecule has 0 radical (unpaired) electrons. The standard InChI is InChI=1S/C28H31ClN4O3/c1-19(22-9-5-7-20-6-3-4-8-23(20)22)30-27(35)33-15-12-28(18-33)10-13-32(14-11-28)26(34)21-16-24(29)31-25(17-21)36-2/h3-9,16-17,19H,10-15,18H2,1-2H3,(H,30,35). The summed E-state index contributed by atoms with van der Waals surface area (Å²) in [5, 5.41) is 5.78. The Morgan fingerprint density at radius 2 is 1.72 bits per heavy atom. The minimum atomic E-state index is -0.0937. The van der Waals surface area contributed by atoms with Gasteiger partial charge in [0.2, 0.25) is 5.88 Å². The highest BCUT2D eigenvalue weighted by Crippen LogP contribution is 2.41. The Balaban J connectivity index is 1.19. The molecule has 8 heteroatoms. The second-order valence-corrected chi connectivity index (χ2v) is 10.3. The maximum Gasteiger partial charge on any atom is 0.317 e. The number of benzene rings is 2. The van der Waals surface area contributed by atoms with E-state index in [4.69, 9.17) is 16.3 Å². The van der Waals surface area contributed by atoms with Gasteiger partial charge in [0.1, 0.15) is 5.15 Å². The first-order chi connectivity index (χ1) is 17.4. The van der Waals surface area contributed by atoms with E-state index in [0.29, 0.717) is 24.5 Å². The van der Waals surface area contributed by atoms with E-state index in [1.165, 1.54) is 12.5 Å². The van der Waals surface area contributed by atoms with Crippen LogP contribution in [0.5, 0.6) is 5.88 Å². The first kappa shape index (κ1) is 24.4. The first-order valence-corrected chi connectivity index (χ1v) is 12.8. The molecule has 2 saturated heterocycles. The van der Waals surface area contributed by atoms with E-state index in [2.05, 4.69) is 34.6 Å². The molecule has 3 heterocycles. The predicted molar refractivity (Wildman–Crippen MR) is 140 cm³/mol. The number of likely N-dealkylation sites (tertiary alicyclic amines) is 2. The number of hydrogen-bond donors (Lipinski definition) is 1. The van der Waals surface area contributed by atoms with Gasteiger partial charge in [-0.05, 0) is 54.0 Å². The van der Waals surface area contributed by atoms with Crippen LogP contribution >= 0.6 is 11.6 Å². The molecule has 2 aliphatic heterocycles. The number of rotatable bonds is 4. The average Bonchev–Trinajstić information content (AvgIpc) is 3.31. The van der Waals surface area contributed by atoms with E-state index in [9.17, 15) is 9.59 Å². The molecule has 3 aromatic rings. The Labute approximate surface area is 216 Å². The van der Waals surface area contributed by atoms with Crippen molar-refractivity contribution in [1.82, 2.24) is 20.1 Å². The topological polar surface area (TPSA) is 74.8 Å². The van der Waals surface area contributed by atoms with Gasteiger partial charge in [-0.2, -0.15) is 0 Å². The largest absolute Gasteiger partial charge is 0.481 e. The fourth-order valence-electron chi connectivity index (χ4n) is 5.57. The van der Waals surface area contributed by atoms with Gasteiger partial charge in [0, 0.05) is 37.8 Å². The minimum Gasteiger partial charge on any atom is -0.481 e. The summed E-state index contributed by atoms with van der Waals surface area (Å²) in [6.45, 7) is 4.80. The number of carbonyl (C=O) groups is 2. The first-order valence-electron chi connectivity index (χ1n) is 12.4. The second kappa shape index (κ2) is 9.97. The van der Waals surface area contributed by atoms with E-state index in [-0.39, 0.29) is 28.5 Å². The van der Waals surface area contributed by atoms with Crippen LogP contribution in [0.3, 0.4) is 0 Å². The molecule has 3 amide bonds. The lowest BCUT2D eigenvalue weighted by Gasteiger charge is -2.39. The summed E-state index contributed by atoms with van der Waals surface area (Å²) in [4.78, 5) is 34.1. The molecule has 0 bridgehead atoms. The zero-order valence-corrected chi connectivity index (χ0v) is 21.4. The molecule has 1 atom stereocenters. The summed E-state index contributed by atoms with van der Waals surface area (Å²) in [6.07, 6.45) is 2.70. The predicted octanol–water partition coefficient (Wildman–Crippen LogP) is 5.30. The van der Waals surface area contributed by atoms with Crippen LogP contribution < -0.4 is 10.1 Å². The molecule has 0 saturated carbocycles. The molecule has 2 aliphatic rings. The lowest BCUT2D eigenvalue weighted by Crippen LogP contribution is -2.46. The van der Waals surface area contributed by atoms with Crippen LogP contribution in [-0.4, -0.2) is 60.0 Å². The van der Waals surface area contributed by atoms with Crippen molar-refractivity contribution in [2.45, 2.75) is 32.2 Å². The molecule has 7 nitrogen and oxygen atoms in total. The van der Waals surface area contributed by atoms with Crippen molar-refractivity contribution in [2.24, 2.45) is 5.41 Å². The monoisotopic (exact) mass is 506 g/mol. The molecule has 5 rings (SSSR count). The Hall–Kier alpha value is -3.32. The van der Waals surface area contributed by atoms with Crippen molar-refractivity contribution >= 4 is 34.3 Å². The molecular formula is C28H31ClN4O3. The number of fused-ring (bicyclic) bond motifs is 1. The number of nitrogens with zero attached hydrogens (tertiary/aromatic N) is 3. The van der Waals surface area contributed by atoms with E-state index in [1.807, 2.05) is 34.9 Å². The smallest absolute Gasteiger partial charge is 0.317 e. The van der Waals surface area contributed by atoms with Gasteiger partial charge in [-0.15, -0.1) is 0 Å². The molecule has 36 heavy (non-hydrogen) atoms. The van der Waals surface area contributed by atoms with Crippen molar-refractivity contribution in [2.75, 3.05) is 33.3 Å². The third-order valence-electron chi connectivity index (χ3n) is 7.69. The molecular weight excluding hydrogens is 476 g/mol. The van der Waals surface area contributed by atoms with Gasteiger partial charge in [-0.3, -0.25) is 4.79 Å². The molecule has 2 aromatic carbocycles. The highest BCUT2D eigenvalue weighted by molar-refractivity contribution is 6.29. The Kier molecular flexibility index (Phi) is 6.75. The number of hydrogen-bond acceptors (Lipinski definition) is 4. The van der Waals surface area contributed by atoms with Gasteiger partial charge in [0.15, 0.2) is 0 Å². The number of methoxy groups -OCH3 is 1. The summed E-state index contributed by atoms with van der Waals surface area (Å²) in [7, 11) is 1.50. The van der Waals surface area contributed by atoms with Gasteiger partial charge < -0.3 is 19.9 Å². The number of amides is 3. The maximum absolute atomic E-state index is 13.2. The maximum atomic E-state index is 13.2. The summed E-state index contributed by atoms with van der Waals surface area (Å²) < 4.78 is 5.15. The number of aromatic nitrogens is 1. The summed E-state index contributed by atoms with van der Waals surface area (Å²) in [5.41, 5.74) is 1.66. The minimum absolute atomic E-state index is 0.0238. The SMILES string of the molecule is COc1cc(C(=O)N2CCC3(CCN(C(=O)NC(C)c4cccc5ccccc45)C3)CC2)cc(Cl)n1. The van der Waals surface area contributed by atoms with Crippen LogP contribution in [-0.2, 0) is 0 Å². The van der Waals surface area contributed by atoms with E-state index in [0.717, 1.165) is 43.3 Å². The molecule has 1 spiro atoms. The molecule has 1 N–H and O–H groups in total. The van der Waals surface area contributed by atoms with Crippen LogP contribution in [0.2, 0.25) is 5.15 Å². The normalized spacial score (nSPS) is 17.9. The fourth-order valence-corrected chi connectivity index (χ4v) is 5.77. The number of piperidine rings is 1.